The predicted molar refractivity (Wildman–Crippen MR) is 96.6 cm³/mol. The molecule has 0 spiro atoms. The summed E-state index contributed by atoms with van der Waals surface area (Å²) in [5, 5.41) is 20.2. The highest BCUT2D eigenvalue weighted by Crippen LogP contribution is 2.26. The van der Waals surface area contributed by atoms with Gasteiger partial charge < -0.3 is 4.90 Å². The molecule has 2 aromatic rings. The van der Waals surface area contributed by atoms with E-state index in [0.29, 0.717) is 5.56 Å². The normalized spacial score (nSPS) is 14.9. The van der Waals surface area contributed by atoms with Gasteiger partial charge in [-0.25, -0.2) is 0 Å². The number of nitrogens with zero attached hydrogens (tertiary/aromatic N) is 4. The van der Waals surface area contributed by atoms with Crippen molar-refractivity contribution in [3.8, 4) is 6.07 Å². The van der Waals surface area contributed by atoms with Gasteiger partial charge in [-0.15, -0.1) is 0 Å². The van der Waals surface area contributed by atoms with Gasteiger partial charge in [-0.05, 0) is 18.1 Å². The molecule has 2 aromatic carbocycles. The molecule has 0 bridgehead atoms. The first-order valence-corrected chi connectivity index (χ1v) is 8.37. The molecule has 0 radical (unpaired) electrons. The Labute approximate surface area is 147 Å². The summed E-state index contributed by atoms with van der Waals surface area (Å²) in [5.41, 5.74) is 2.46. The molecule has 1 saturated heterocycles. The third-order valence-electron chi connectivity index (χ3n) is 4.58. The molecule has 0 amide bonds. The molecule has 1 fully saturated rings. The third kappa shape index (κ3) is 4.14. The van der Waals surface area contributed by atoms with E-state index in [1.807, 2.05) is 6.07 Å². The summed E-state index contributed by atoms with van der Waals surface area (Å²) in [4.78, 5) is 15.0. The second-order valence-corrected chi connectivity index (χ2v) is 6.13. The van der Waals surface area contributed by atoms with E-state index in [-0.39, 0.29) is 5.69 Å². The maximum atomic E-state index is 10.9. The molecule has 6 heteroatoms. The molecule has 0 atom stereocenters. The quantitative estimate of drug-likeness (QED) is 0.620. The van der Waals surface area contributed by atoms with Gasteiger partial charge in [0.1, 0.15) is 6.07 Å². The van der Waals surface area contributed by atoms with E-state index in [0.717, 1.165) is 44.8 Å². The van der Waals surface area contributed by atoms with Crippen molar-refractivity contribution in [3.63, 3.8) is 0 Å². The molecule has 1 aliphatic rings. The van der Waals surface area contributed by atoms with Crippen LogP contribution < -0.4 is 4.90 Å². The highest BCUT2D eigenvalue weighted by Gasteiger charge is 2.20. The summed E-state index contributed by atoms with van der Waals surface area (Å²) in [6, 6.07) is 17.0. The number of non-ortho nitro benzene ring substituents is 1. The summed E-state index contributed by atoms with van der Waals surface area (Å²) < 4.78 is 0. The van der Waals surface area contributed by atoms with E-state index in [1.165, 1.54) is 17.7 Å². The van der Waals surface area contributed by atoms with Gasteiger partial charge in [0.15, 0.2) is 0 Å². The van der Waals surface area contributed by atoms with Crippen LogP contribution in [0.15, 0.2) is 48.5 Å². The van der Waals surface area contributed by atoms with Crippen LogP contribution in [0.3, 0.4) is 0 Å². The molecule has 1 aliphatic heterocycles. The van der Waals surface area contributed by atoms with Crippen molar-refractivity contribution in [1.82, 2.24) is 4.90 Å². The monoisotopic (exact) mass is 336 g/mol. The second kappa shape index (κ2) is 7.77. The largest absolute Gasteiger partial charge is 0.368 e. The lowest BCUT2D eigenvalue weighted by Gasteiger charge is -2.36. The van der Waals surface area contributed by atoms with Gasteiger partial charge in [0.2, 0.25) is 0 Å². The van der Waals surface area contributed by atoms with Gasteiger partial charge in [-0.1, -0.05) is 30.3 Å². The van der Waals surface area contributed by atoms with E-state index in [9.17, 15) is 15.4 Å². The van der Waals surface area contributed by atoms with Crippen molar-refractivity contribution in [2.45, 2.75) is 6.42 Å². The first kappa shape index (κ1) is 16.9. The molecule has 0 aromatic heterocycles. The van der Waals surface area contributed by atoms with Crippen LogP contribution in [0.4, 0.5) is 11.4 Å². The fourth-order valence-corrected chi connectivity index (χ4v) is 3.15. The van der Waals surface area contributed by atoms with Crippen molar-refractivity contribution >= 4 is 11.4 Å². The minimum Gasteiger partial charge on any atom is -0.368 e. The molecule has 128 valence electrons. The molecule has 3 rings (SSSR count). The number of benzene rings is 2. The van der Waals surface area contributed by atoms with Gasteiger partial charge in [0.05, 0.1) is 16.2 Å². The Morgan fingerprint density at radius 2 is 1.80 bits per heavy atom. The van der Waals surface area contributed by atoms with Crippen LogP contribution in [0, 0.1) is 21.4 Å². The van der Waals surface area contributed by atoms with Gasteiger partial charge in [0, 0.05) is 44.9 Å². The third-order valence-corrected chi connectivity index (χ3v) is 4.58. The average molecular weight is 336 g/mol. The van der Waals surface area contributed by atoms with Crippen molar-refractivity contribution in [1.29, 1.82) is 5.26 Å². The fourth-order valence-electron chi connectivity index (χ4n) is 3.15. The number of nitro benzene ring substituents is 1. The molecule has 25 heavy (non-hydrogen) atoms. The lowest BCUT2D eigenvalue weighted by Crippen LogP contribution is -2.47. The van der Waals surface area contributed by atoms with E-state index in [2.05, 4.69) is 40.1 Å². The summed E-state index contributed by atoms with van der Waals surface area (Å²) >= 11 is 0. The van der Waals surface area contributed by atoms with Gasteiger partial charge in [-0.3, -0.25) is 15.0 Å². The van der Waals surface area contributed by atoms with Crippen LogP contribution >= 0.6 is 0 Å². The Bertz CT molecular complexity index is 778. The van der Waals surface area contributed by atoms with Gasteiger partial charge in [0.25, 0.3) is 5.69 Å². The van der Waals surface area contributed by atoms with E-state index in [1.54, 1.807) is 6.07 Å². The number of hydrogen-bond donors (Lipinski definition) is 0. The van der Waals surface area contributed by atoms with E-state index in [4.69, 9.17) is 0 Å². The summed E-state index contributed by atoms with van der Waals surface area (Å²) in [6.45, 7) is 4.51. The highest BCUT2D eigenvalue weighted by molar-refractivity contribution is 5.63. The van der Waals surface area contributed by atoms with Crippen LogP contribution in [-0.4, -0.2) is 42.5 Å². The molecular weight excluding hydrogens is 316 g/mol. The number of rotatable bonds is 5. The number of piperazine rings is 1. The summed E-state index contributed by atoms with van der Waals surface area (Å²) in [6.07, 6.45) is 1.03. The first-order valence-electron chi connectivity index (χ1n) is 8.37. The van der Waals surface area contributed by atoms with E-state index < -0.39 is 4.92 Å². The Morgan fingerprint density at radius 3 is 2.44 bits per heavy atom. The second-order valence-electron chi connectivity index (χ2n) is 6.13. The summed E-state index contributed by atoms with van der Waals surface area (Å²) in [7, 11) is 0. The zero-order valence-corrected chi connectivity index (χ0v) is 14.0. The Morgan fingerprint density at radius 1 is 1.08 bits per heavy atom. The average Bonchev–Trinajstić information content (AvgIpc) is 2.67. The van der Waals surface area contributed by atoms with Crippen LogP contribution in [0.2, 0.25) is 0 Å². The maximum Gasteiger partial charge on any atom is 0.270 e. The zero-order chi connectivity index (χ0) is 17.6. The molecule has 0 N–H and O–H groups in total. The zero-order valence-electron chi connectivity index (χ0n) is 14.0. The van der Waals surface area contributed by atoms with Crippen LogP contribution in [0.25, 0.3) is 0 Å². The van der Waals surface area contributed by atoms with Crippen molar-refractivity contribution in [2.75, 3.05) is 37.6 Å². The smallest absolute Gasteiger partial charge is 0.270 e. The minimum absolute atomic E-state index is 0.0400. The number of nitro groups is 1. The van der Waals surface area contributed by atoms with Gasteiger partial charge in [-0.2, -0.15) is 5.26 Å². The summed E-state index contributed by atoms with van der Waals surface area (Å²) in [5.74, 6) is 0. The van der Waals surface area contributed by atoms with Crippen LogP contribution in [0.1, 0.15) is 11.1 Å². The molecule has 1 heterocycles. The lowest BCUT2D eigenvalue weighted by atomic mass is 10.1. The highest BCUT2D eigenvalue weighted by atomic mass is 16.6. The predicted octanol–water partition coefficient (Wildman–Crippen LogP) is 2.83. The lowest BCUT2D eigenvalue weighted by molar-refractivity contribution is -0.384. The molecule has 0 saturated carbocycles. The van der Waals surface area contributed by atoms with Crippen LogP contribution in [-0.2, 0) is 6.42 Å². The number of anilines is 1. The van der Waals surface area contributed by atoms with E-state index >= 15 is 0 Å². The number of hydrogen-bond acceptors (Lipinski definition) is 5. The minimum atomic E-state index is -0.466. The Kier molecular flexibility index (Phi) is 5.26. The van der Waals surface area contributed by atoms with Gasteiger partial charge >= 0.3 is 0 Å². The molecule has 0 unspecified atom stereocenters. The topological polar surface area (TPSA) is 73.4 Å². The standard InChI is InChI=1S/C19H20N4O2/c20-15-17-14-18(23(24)25)6-7-19(17)22-12-10-21(11-13-22)9-8-16-4-2-1-3-5-16/h1-7,14H,8-13H2. The number of nitriles is 1. The van der Waals surface area contributed by atoms with Crippen molar-refractivity contribution < 1.29 is 4.92 Å². The first-order chi connectivity index (χ1) is 12.2. The SMILES string of the molecule is N#Cc1cc([N+](=O)[O-])ccc1N1CCN(CCc2ccccc2)CC1. The Balaban J connectivity index is 1.59. The maximum absolute atomic E-state index is 10.9. The fraction of sp³-hybridized carbons (Fsp3) is 0.316. The molecule has 6 nitrogen and oxygen atoms in total. The van der Waals surface area contributed by atoms with Crippen LogP contribution in [0.5, 0.6) is 0 Å². The van der Waals surface area contributed by atoms with Crippen molar-refractivity contribution in [3.05, 3.63) is 69.8 Å². The van der Waals surface area contributed by atoms with Crippen molar-refractivity contribution in [2.24, 2.45) is 0 Å². The molecule has 0 aliphatic carbocycles. The Hall–Kier alpha value is -2.91. The molecular formula is C19H20N4O2.